The van der Waals surface area contributed by atoms with Crippen LogP contribution in [0.1, 0.15) is 42.8 Å². The maximum absolute atomic E-state index is 14.7. The third-order valence-electron chi connectivity index (χ3n) is 7.38. The molecule has 4 bridgehead atoms. The van der Waals surface area contributed by atoms with Crippen LogP contribution in [-0.4, -0.2) is 37.9 Å². The molecule has 3 atom stereocenters. The zero-order chi connectivity index (χ0) is 24.0. The molecule has 35 heavy (non-hydrogen) atoms. The van der Waals surface area contributed by atoms with Crippen LogP contribution in [0.3, 0.4) is 0 Å². The largest absolute Gasteiger partial charge is 0.483 e. The highest BCUT2D eigenvalue weighted by Crippen LogP contribution is 2.45. The number of aromatic nitrogens is 1. The first-order valence-corrected chi connectivity index (χ1v) is 13.5. The molecule has 0 radical (unpaired) electrons. The molecule has 2 aromatic carbocycles. The second-order valence-electron chi connectivity index (χ2n) is 9.79. The van der Waals surface area contributed by atoms with Crippen LogP contribution >= 0.6 is 0 Å². The van der Waals surface area contributed by atoms with Gasteiger partial charge in [0, 0.05) is 18.2 Å². The van der Waals surface area contributed by atoms with Crippen LogP contribution in [0.2, 0.25) is 0 Å². The number of hydrogen-bond acceptors (Lipinski definition) is 6. The molecular formula is C26H27FN2O5S. The Labute approximate surface area is 203 Å². The van der Waals surface area contributed by atoms with E-state index in [9.17, 15) is 12.8 Å². The lowest BCUT2D eigenvalue weighted by Crippen LogP contribution is -2.41. The van der Waals surface area contributed by atoms with E-state index in [1.54, 1.807) is 12.3 Å². The molecule has 1 spiro atoms. The number of benzene rings is 2. The molecule has 1 unspecified atom stereocenters. The van der Waals surface area contributed by atoms with Crippen molar-refractivity contribution in [2.24, 2.45) is 0 Å². The molecule has 3 heterocycles. The van der Waals surface area contributed by atoms with Crippen LogP contribution in [-0.2, 0) is 33.2 Å². The fraction of sp³-hybridized carbons (Fsp3) is 0.423. The SMILES string of the molecule is O=S(=O)(N[C@H]1CC[C@@]2(Cc3cccc(c3)-c3cccc(F)c3OCc3coc2n3)C1)C1CCOC1. The number of hydrogen-bond donors (Lipinski definition) is 1. The zero-order valence-electron chi connectivity index (χ0n) is 19.2. The van der Waals surface area contributed by atoms with Crippen molar-refractivity contribution in [3.63, 3.8) is 0 Å². The van der Waals surface area contributed by atoms with Crippen molar-refractivity contribution in [1.82, 2.24) is 9.71 Å². The van der Waals surface area contributed by atoms with Gasteiger partial charge in [0.15, 0.2) is 11.6 Å². The van der Waals surface area contributed by atoms with E-state index in [1.807, 2.05) is 30.3 Å². The van der Waals surface area contributed by atoms with E-state index in [4.69, 9.17) is 18.9 Å². The summed E-state index contributed by atoms with van der Waals surface area (Å²) in [5.41, 5.74) is 2.71. The van der Waals surface area contributed by atoms with Crippen molar-refractivity contribution in [3.8, 4) is 16.9 Å². The average Bonchev–Trinajstić information content (AvgIpc) is 3.60. The second-order valence-corrected chi connectivity index (χ2v) is 11.8. The Bertz CT molecular complexity index is 1350. The number of rotatable bonds is 3. The Balaban J connectivity index is 1.36. The minimum Gasteiger partial charge on any atom is -0.483 e. The molecule has 1 saturated carbocycles. The Morgan fingerprint density at radius 1 is 1.14 bits per heavy atom. The van der Waals surface area contributed by atoms with E-state index in [-0.39, 0.29) is 25.0 Å². The third kappa shape index (κ3) is 4.26. The van der Waals surface area contributed by atoms with E-state index in [0.29, 0.717) is 49.4 Å². The molecular weight excluding hydrogens is 471 g/mol. The van der Waals surface area contributed by atoms with Gasteiger partial charge in [0.25, 0.3) is 0 Å². The van der Waals surface area contributed by atoms with Crippen LogP contribution in [0, 0.1) is 5.82 Å². The van der Waals surface area contributed by atoms with E-state index >= 15 is 0 Å². The van der Waals surface area contributed by atoms with Crippen molar-refractivity contribution >= 4 is 10.0 Å². The van der Waals surface area contributed by atoms with E-state index in [0.717, 1.165) is 17.5 Å². The molecule has 3 aliphatic rings. The zero-order valence-corrected chi connectivity index (χ0v) is 20.0. The van der Waals surface area contributed by atoms with Crippen molar-refractivity contribution in [2.45, 2.75) is 55.4 Å². The monoisotopic (exact) mass is 498 g/mol. The number of nitrogens with zero attached hydrogens (tertiary/aromatic N) is 1. The Morgan fingerprint density at radius 2 is 2.03 bits per heavy atom. The Kier molecular flexibility index (Phi) is 5.66. The molecule has 9 heteroatoms. The van der Waals surface area contributed by atoms with Crippen molar-refractivity contribution < 1.29 is 26.7 Å². The molecule has 2 fully saturated rings. The first-order chi connectivity index (χ1) is 16.9. The summed E-state index contributed by atoms with van der Waals surface area (Å²) in [6.45, 7) is 0.792. The number of halogens is 1. The van der Waals surface area contributed by atoms with E-state index in [2.05, 4.69) is 4.72 Å². The number of nitrogens with one attached hydrogen (secondary N) is 1. The van der Waals surface area contributed by atoms with Gasteiger partial charge < -0.3 is 13.9 Å². The molecule has 1 N–H and O–H groups in total. The minimum absolute atomic E-state index is 0.0743. The maximum Gasteiger partial charge on any atom is 0.217 e. The van der Waals surface area contributed by atoms with Crippen molar-refractivity contribution in [3.05, 3.63) is 71.7 Å². The Hall–Kier alpha value is -2.75. The number of fused-ring (bicyclic) bond motifs is 7. The molecule has 0 amide bonds. The minimum atomic E-state index is -3.47. The molecule has 3 aromatic rings. The summed E-state index contributed by atoms with van der Waals surface area (Å²) in [5, 5.41) is -0.502. The van der Waals surface area contributed by atoms with Crippen LogP contribution in [0.25, 0.3) is 11.1 Å². The summed E-state index contributed by atoms with van der Waals surface area (Å²) in [7, 11) is -3.47. The molecule has 6 rings (SSSR count). The van der Waals surface area contributed by atoms with Gasteiger partial charge in [0.1, 0.15) is 23.8 Å². The molecule has 184 valence electrons. The lowest BCUT2D eigenvalue weighted by Gasteiger charge is -2.27. The fourth-order valence-corrected chi connectivity index (χ4v) is 7.17. The topological polar surface area (TPSA) is 90.7 Å². The van der Waals surface area contributed by atoms with Gasteiger partial charge in [0.05, 0.1) is 12.0 Å². The van der Waals surface area contributed by atoms with Gasteiger partial charge in [-0.2, -0.15) is 0 Å². The normalized spacial score (nSPS) is 26.1. The lowest BCUT2D eigenvalue weighted by atomic mass is 9.79. The fourth-order valence-electron chi connectivity index (χ4n) is 5.63. The van der Waals surface area contributed by atoms with Gasteiger partial charge >= 0.3 is 0 Å². The predicted octanol–water partition coefficient (Wildman–Crippen LogP) is 4.11. The number of sulfonamides is 1. The lowest BCUT2D eigenvalue weighted by molar-refractivity contribution is 0.198. The maximum atomic E-state index is 14.7. The van der Waals surface area contributed by atoms with Crippen LogP contribution in [0.15, 0.2) is 53.1 Å². The molecule has 1 aliphatic carbocycles. The first kappa shape index (κ1) is 22.7. The summed E-state index contributed by atoms with van der Waals surface area (Å²) in [4.78, 5) is 4.72. The highest BCUT2D eigenvalue weighted by atomic mass is 32.2. The number of oxazole rings is 1. The molecule has 2 aliphatic heterocycles. The second kappa shape index (κ2) is 8.72. The van der Waals surface area contributed by atoms with E-state index in [1.165, 1.54) is 6.07 Å². The highest BCUT2D eigenvalue weighted by Gasteiger charge is 2.46. The molecule has 1 aromatic heterocycles. The first-order valence-electron chi connectivity index (χ1n) is 12.0. The quantitative estimate of drug-likeness (QED) is 0.584. The number of para-hydroxylation sites is 1. The summed E-state index contributed by atoms with van der Waals surface area (Å²) in [5.74, 6) is 0.334. The molecule has 7 nitrogen and oxygen atoms in total. The summed E-state index contributed by atoms with van der Waals surface area (Å²) < 4.78 is 60.5. The standard InChI is InChI=1S/C26H27FN2O5S/c27-23-6-2-5-22-18-4-1-3-17(11-18)12-26(25-28-20(15-34-25)14-33-24(22)23)9-7-19(13-26)29-35(30,31)21-8-10-32-16-21/h1-6,11,15,19,21,29H,7-10,12-14,16H2/t19-,21?,26+/m0/s1. The van der Waals surface area contributed by atoms with Gasteiger partial charge in [-0.25, -0.2) is 22.5 Å². The summed E-state index contributed by atoms with van der Waals surface area (Å²) in [6, 6.07) is 12.7. The van der Waals surface area contributed by atoms with E-state index < -0.39 is 26.5 Å². The highest BCUT2D eigenvalue weighted by molar-refractivity contribution is 7.90. The van der Waals surface area contributed by atoms with Gasteiger partial charge in [-0.1, -0.05) is 36.4 Å². The van der Waals surface area contributed by atoms with Crippen LogP contribution in [0.5, 0.6) is 5.75 Å². The predicted molar refractivity (Wildman–Crippen MR) is 127 cm³/mol. The molecule has 1 saturated heterocycles. The third-order valence-corrected chi connectivity index (χ3v) is 9.29. The van der Waals surface area contributed by atoms with Gasteiger partial charge in [0.2, 0.25) is 15.9 Å². The Morgan fingerprint density at radius 3 is 2.89 bits per heavy atom. The average molecular weight is 499 g/mol. The smallest absolute Gasteiger partial charge is 0.217 e. The number of ether oxygens (including phenoxy) is 2. The summed E-state index contributed by atoms with van der Waals surface area (Å²) in [6.07, 6.45) is 4.71. The van der Waals surface area contributed by atoms with Gasteiger partial charge in [-0.3, -0.25) is 0 Å². The van der Waals surface area contributed by atoms with Crippen molar-refractivity contribution in [1.29, 1.82) is 0 Å². The summed E-state index contributed by atoms with van der Waals surface area (Å²) >= 11 is 0. The van der Waals surface area contributed by atoms with Crippen LogP contribution in [0.4, 0.5) is 4.39 Å². The van der Waals surface area contributed by atoms with Gasteiger partial charge in [-0.05, 0) is 49.3 Å². The van der Waals surface area contributed by atoms with Crippen LogP contribution < -0.4 is 9.46 Å². The van der Waals surface area contributed by atoms with Gasteiger partial charge in [-0.15, -0.1) is 0 Å². The van der Waals surface area contributed by atoms with Crippen molar-refractivity contribution in [2.75, 3.05) is 13.2 Å².